The summed E-state index contributed by atoms with van der Waals surface area (Å²) in [6.45, 7) is 2.16. The first kappa shape index (κ1) is 19.8. The Morgan fingerprint density at radius 1 is 1.17 bits per heavy atom. The molecule has 30 heavy (non-hydrogen) atoms. The van der Waals surface area contributed by atoms with Crippen LogP contribution in [0, 0.1) is 5.41 Å². The first-order chi connectivity index (χ1) is 14.6. The molecule has 4 rings (SSSR count). The smallest absolute Gasteiger partial charge is 0.238 e. The number of anilines is 3. The van der Waals surface area contributed by atoms with Crippen LogP contribution >= 0.6 is 0 Å². The van der Waals surface area contributed by atoms with Gasteiger partial charge in [0.05, 0.1) is 11.9 Å². The van der Waals surface area contributed by atoms with E-state index in [2.05, 4.69) is 43.1 Å². The minimum atomic E-state index is -0.00606. The number of amides is 1. The Bertz CT molecular complexity index is 1020. The monoisotopic (exact) mass is 406 g/mol. The molecular weight excluding hydrogens is 380 g/mol. The van der Waals surface area contributed by atoms with Gasteiger partial charge in [-0.25, -0.2) is 15.0 Å². The molecule has 9 nitrogen and oxygen atoms in total. The molecule has 156 valence electrons. The number of nitrogens with one attached hydrogen (secondary N) is 3. The maximum atomic E-state index is 12.3. The molecule has 0 unspecified atom stereocenters. The van der Waals surface area contributed by atoms with Crippen LogP contribution in [0.4, 0.5) is 17.6 Å². The number of aryl methyl sites for hydroxylation is 1. The Kier molecular flexibility index (Phi) is 5.60. The molecule has 0 aliphatic heterocycles. The van der Waals surface area contributed by atoms with Crippen molar-refractivity contribution in [3.05, 3.63) is 42.9 Å². The van der Waals surface area contributed by atoms with E-state index in [0.29, 0.717) is 18.2 Å². The summed E-state index contributed by atoms with van der Waals surface area (Å²) in [4.78, 5) is 25.4. The minimum Gasteiger partial charge on any atom is -0.309 e. The lowest BCUT2D eigenvalue weighted by atomic mass is 9.65. The van der Waals surface area contributed by atoms with Gasteiger partial charge in [0.25, 0.3) is 0 Å². The number of hydrogen-bond acceptors (Lipinski definition) is 7. The summed E-state index contributed by atoms with van der Waals surface area (Å²) in [7, 11) is 1.84. The van der Waals surface area contributed by atoms with Gasteiger partial charge in [0.2, 0.25) is 11.9 Å². The first-order valence-electron chi connectivity index (χ1n) is 10.2. The van der Waals surface area contributed by atoms with Crippen LogP contribution in [0.3, 0.4) is 0 Å². The van der Waals surface area contributed by atoms with E-state index >= 15 is 0 Å². The van der Waals surface area contributed by atoms with Crippen LogP contribution < -0.4 is 16.2 Å². The number of nitrogens with zero attached hydrogens (tertiary/aromatic N) is 5. The standard InChI is InChI=1S/C21H26N8O/c1-3-21(8-4-9-21)14-19(30)28-27-17-13-15(5-10-22-17)16-6-11-23-20(25-16)26-18-7-12-24-29(18)2/h5-7,10-13H,3-4,8-9,14H2,1-2H3,(H,22,27)(H,28,30)(H,23,25,26). The third kappa shape index (κ3) is 4.40. The predicted molar refractivity (Wildman–Crippen MR) is 115 cm³/mol. The Morgan fingerprint density at radius 3 is 2.70 bits per heavy atom. The summed E-state index contributed by atoms with van der Waals surface area (Å²) < 4.78 is 1.71. The van der Waals surface area contributed by atoms with Crippen molar-refractivity contribution in [2.75, 3.05) is 10.7 Å². The second-order valence-electron chi connectivity index (χ2n) is 7.72. The molecule has 1 aliphatic carbocycles. The Hall–Kier alpha value is -3.49. The second kappa shape index (κ2) is 8.48. The fourth-order valence-corrected chi connectivity index (χ4v) is 3.70. The van der Waals surface area contributed by atoms with E-state index in [4.69, 9.17) is 0 Å². The quantitative estimate of drug-likeness (QED) is 0.492. The summed E-state index contributed by atoms with van der Waals surface area (Å²) in [5.74, 6) is 1.82. The number of carbonyl (C=O) groups is 1. The number of hydrogen-bond donors (Lipinski definition) is 3. The lowest BCUT2D eigenvalue weighted by molar-refractivity contribution is -0.124. The number of carbonyl (C=O) groups excluding carboxylic acids is 1. The summed E-state index contributed by atoms with van der Waals surface area (Å²) >= 11 is 0. The van der Waals surface area contributed by atoms with E-state index in [1.165, 1.54) is 6.42 Å². The second-order valence-corrected chi connectivity index (χ2v) is 7.72. The molecule has 0 bridgehead atoms. The maximum Gasteiger partial charge on any atom is 0.238 e. The van der Waals surface area contributed by atoms with Crippen molar-refractivity contribution < 1.29 is 4.79 Å². The van der Waals surface area contributed by atoms with Gasteiger partial charge >= 0.3 is 0 Å². The van der Waals surface area contributed by atoms with Gasteiger partial charge in [0, 0.05) is 37.5 Å². The largest absolute Gasteiger partial charge is 0.309 e. The Labute approximate surface area is 175 Å². The van der Waals surface area contributed by atoms with Gasteiger partial charge in [-0.2, -0.15) is 5.10 Å². The zero-order chi connectivity index (χ0) is 21.0. The normalized spacial score (nSPS) is 14.6. The van der Waals surface area contributed by atoms with Gasteiger partial charge in [-0.1, -0.05) is 13.3 Å². The Balaban J connectivity index is 1.41. The van der Waals surface area contributed by atoms with Gasteiger partial charge in [-0.15, -0.1) is 0 Å². The van der Waals surface area contributed by atoms with Crippen LogP contribution in [0.1, 0.15) is 39.0 Å². The lowest BCUT2D eigenvalue weighted by Crippen LogP contribution is -2.38. The van der Waals surface area contributed by atoms with E-state index in [0.717, 1.165) is 36.3 Å². The Morgan fingerprint density at radius 2 is 2.00 bits per heavy atom. The van der Waals surface area contributed by atoms with Crippen LogP contribution in [0.15, 0.2) is 42.9 Å². The highest BCUT2D eigenvalue weighted by Crippen LogP contribution is 2.46. The molecule has 3 heterocycles. The summed E-state index contributed by atoms with van der Waals surface area (Å²) in [5.41, 5.74) is 7.49. The molecule has 3 N–H and O–H groups in total. The van der Waals surface area contributed by atoms with Crippen LogP contribution in [0.2, 0.25) is 0 Å². The highest BCUT2D eigenvalue weighted by Gasteiger charge is 2.36. The molecule has 0 aromatic carbocycles. The van der Waals surface area contributed by atoms with Crippen molar-refractivity contribution in [3.63, 3.8) is 0 Å². The predicted octanol–water partition coefficient (Wildman–Crippen LogP) is 3.43. The molecule has 1 saturated carbocycles. The van der Waals surface area contributed by atoms with E-state index in [9.17, 15) is 4.79 Å². The molecular formula is C21H26N8O. The number of pyridine rings is 1. The molecule has 3 aromatic rings. The molecule has 0 saturated heterocycles. The summed E-state index contributed by atoms with van der Waals surface area (Å²) in [6.07, 6.45) is 10.1. The molecule has 1 aliphatic rings. The average molecular weight is 406 g/mol. The summed E-state index contributed by atoms with van der Waals surface area (Å²) in [6, 6.07) is 7.38. The fraction of sp³-hybridized carbons (Fsp3) is 0.381. The van der Waals surface area contributed by atoms with Gasteiger partial charge < -0.3 is 5.32 Å². The lowest BCUT2D eigenvalue weighted by Gasteiger charge is -2.40. The maximum absolute atomic E-state index is 12.3. The van der Waals surface area contributed by atoms with Crippen molar-refractivity contribution in [3.8, 4) is 11.3 Å². The number of hydrazine groups is 1. The summed E-state index contributed by atoms with van der Waals surface area (Å²) in [5, 5.41) is 7.27. The van der Waals surface area contributed by atoms with Gasteiger partial charge in [0.1, 0.15) is 11.6 Å². The minimum absolute atomic E-state index is 0.00606. The molecule has 1 fully saturated rings. The van der Waals surface area contributed by atoms with E-state index in [1.54, 1.807) is 23.3 Å². The zero-order valence-electron chi connectivity index (χ0n) is 17.2. The van der Waals surface area contributed by atoms with Crippen LogP contribution in [-0.2, 0) is 11.8 Å². The average Bonchev–Trinajstić information content (AvgIpc) is 3.14. The fourth-order valence-electron chi connectivity index (χ4n) is 3.70. The van der Waals surface area contributed by atoms with Gasteiger partial charge in [-0.3, -0.25) is 20.3 Å². The van der Waals surface area contributed by atoms with Crippen molar-refractivity contribution in [2.45, 2.75) is 39.0 Å². The SMILES string of the molecule is CCC1(CC(=O)NNc2cc(-c3ccnc(Nc4ccnn4C)n3)ccn2)CCC1. The number of rotatable bonds is 8. The molecule has 0 atom stereocenters. The van der Waals surface area contributed by atoms with E-state index < -0.39 is 0 Å². The third-order valence-electron chi connectivity index (χ3n) is 5.80. The van der Waals surface area contributed by atoms with Crippen LogP contribution in [-0.4, -0.2) is 30.6 Å². The van der Waals surface area contributed by atoms with E-state index in [1.807, 2.05) is 31.3 Å². The molecule has 1 amide bonds. The molecule has 3 aromatic heterocycles. The van der Waals surface area contributed by atoms with Gasteiger partial charge in [-0.05, 0) is 42.9 Å². The van der Waals surface area contributed by atoms with E-state index in [-0.39, 0.29) is 11.3 Å². The molecule has 9 heteroatoms. The van der Waals surface area contributed by atoms with Crippen molar-refractivity contribution in [2.24, 2.45) is 12.5 Å². The molecule has 0 radical (unpaired) electrons. The molecule has 0 spiro atoms. The third-order valence-corrected chi connectivity index (χ3v) is 5.80. The topological polar surface area (TPSA) is 110 Å². The highest BCUT2D eigenvalue weighted by molar-refractivity contribution is 5.78. The van der Waals surface area contributed by atoms with Crippen molar-refractivity contribution >= 4 is 23.5 Å². The highest BCUT2D eigenvalue weighted by atomic mass is 16.2. The zero-order valence-corrected chi connectivity index (χ0v) is 17.2. The van der Waals surface area contributed by atoms with Crippen LogP contribution in [0.5, 0.6) is 0 Å². The van der Waals surface area contributed by atoms with Gasteiger partial charge in [0.15, 0.2) is 0 Å². The van der Waals surface area contributed by atoms with Crippen molar-refractivity contribution in [1.29, 1.82) is 0 Å². The van der Waals surface area contributed by atoms with Crippen LogP contribution in [0.25, 0.3) is 11.3 Å². The van der Waals surface area contributed by atoms with Crippen molar-refractivity contribution in [1.82, 2.24) is 30.2 Å². The number of aromatic nitrogens is 5. The first-order valence-corrected chi connectivity index (χ1v) is 10.2.